The van der Waals surface area contributed by atoms with Crippen LogP contribution in [-0.4, -0.2) is 19.7 Å². The van der Waals surface area contributed by atoms with Crippen molar-refractivity contribution in [3.63, 3.8) is 0 Å². The molecule has 2 N–H and O–H groups in total. The Morgan fingerprint density at radius 1 is 1.14 bits per heavy atom. The van der Waals surface area contributed by atoms with Crippen molar-refractivity contribution in [3.8, 4) is 22.6 Å². The van der Waals surface area contributed by atoms with E-state index in [4.69, 9.17) is 17.3 Å². The minimum Gasteiger partial charge on any atom is -0.383 e. The van der Waals surface area contributed by atoms with E-state index < -0.39 is 5.82 Å². The number of nitrogens with two attached hydrogens (primary N) is 1. The molecule has 0 saturated heterocycles. The van der Waals surface area contributed by atoms with Crippen LogP contribution in [0.1, 0.15) is 0 Å². The van der Waals surface area contributed by atoms with E-state index in [1.165, 1.54) is 16.8 Å². The first-order valence-electron chi connectivity index (χ1n) is 6.14. The van der Waals surface area contributed by atoms with Crippen molar-refractivity contribution in [2.45, 2.75) is 0 Å². The van der Waals surface area contributed by atoms with Crippen molar-refractivity contribution in [3.05, 3.63) is 47.5 Å². The Balaban J connectivity index is 2.33. The number of aromatic nitrogens is 4. The minimum atomic E-state index is -0.473. The lowest BCUT2D eigenvalue weighted by molar-refractivity contribution is 0.631. The third kappa shape index (κ3) is 2.23. The molecular weight excluding hydrogens is 293 g/mol. The Kier molecular flexibility index (Phi) is 3.31. The zero-order valence-corrected chi connectivity index (χ0v) is 11.8. The summed E-state index contributed by atoms with van der Waals surface area (Å²) in [5.74, 6) is 0.183. The number of rotatable bonds is 2. The summed E-state index contributed by atoms with van der Waals surface area (Å²) in [4.78, 5) is 8.28. The molecule has 0 aliphatic rings. The van der Waals surface area contributed by atoms with Crippen LogP contribution in [0, 0.1) is 5.82 Å². The number of benzene rings is 1. The molecule has 3 aromatic rings. The predicted octanol–water partition coefficient (Wildman–Crippen LogP) is 2.92. The number of halogens is 2. The number of hydrogen-bond donors (Lipinski definition) is 1. The minimum absolute atomic E-state index is 0.201. The second-order valence-corrected chi connectivity index (χ2v) is 4.81. The van der Waals surface area contributed by atoms with Crippen LogP contribution in [0.4, 0.5) is 10.2 Å². The van der Waals surface area contributed by atoms with E-state index in [0.717, 1.165) is 0 Å². The molecule has 0 amide bonds. The van der Waals surface area contributed by atoms with Crippen molar-refractivity contribution in [2.75, 3.05) is 5.73 Å². The van der Waals surface area contributed by atoms with Gasteiger partial charge in [0.1, 0.15) is 17.3 Å². The zero-order valence-electron chi connectivity index (χ0n) is 11.1. The molecule has 5 nitrogen and oxygen atoms in total. The van der Waals surface area contributed by atoms with Gasteiger partial charge in [0.2, 0.25) is 0 Å². The van der Waals surface area contributed by atoms with Gasteiger partial charge in [0, 0.05) is 25.0 Å². The van der Waals surface area contributed by atoms with E-state index in [9.17, 15) is 4.39 Å². The van der Waals surface area contributed by atoms with Gasteiger partial charge in [0.05, 0.1) is 10.6 Å². The topological polar surface area (TPSA) is 69.6 Å². The van der Waals surface area contributed by atoms with Gasteiger partial charge in [0.15, 0.2) is 5.82 Å². The van der Waals surface area contributed by atoms with Crippen molar-refractivity contribution in [2.24, 2.45) is 7.05 Å². The monoisotopic (exact) mass is 303 g/mol. The lowest BCUT2D eigenvalue weighted by Crippen LogP contribution is -1.98. The van der Waals surface area contributed by atoms with Gasteiger partial charge in [-0.3, -0.25) is 4.68 Å². The van der Waals surface area contributed by atoms with Crippen LogP contribution >= 0.6 is 11.6 Å². The Morgan fingerprint density at radius 2 is 1.86 bits per heavy atom. The van der Waals surface area contributed by atoms with Crippen LogP contribution in [0.15, 0.2) is 36.7 Å². The standard InChI is InChI=1S/C14H11ClFN5/c1-21-13(17)11(10-8(15)4-2-5-9(10)16)12(20-21)14-18-6-3-7-19-14/h2-7H,17H2,1H3. The SMILES string of the molecule is Cn1nc(-c2ncccn2)c(-c2c(F)cccc2Cl)c1N. The summed E-state index contributed by atoms with van der Waals surface area (Å²) in [5, 5.41) is 4.54. The number of nitrogen functional groups attached to an aromatic ring is 1. The first-order chi connectivity index (χ1) is 10.1. The van der Waals surface area contributed by atoms with Crippen LogP contribution in [0.3, 0.4) is 0 Å². The average Bonchev–Trinajstić information content (AvgIpc) is 2.77. The summed E-state index contributed by atoms with van der Waals surface area (Å²) in [6.07, 6.45) is 3.17. The van der Waals surface area contributed by atoms with Gasteiger partial charge in [-0.2, -0.15) is 5.10 Å². The van der Waals surface area contributed by atoms with Crippen molar-refractivity contribution < 1.29 is 4.39 Å². The first-order valence-corrected chi connectivity index (χ1v) is 6.51. The molecule has 21 heavy (non-hydrogen) atoms. The molecule has 0 unspecified atom stereocenters. The average molecular weight is 304 g/mol. The lowest BCUT2D eigenvalue weighted by Gasteiger charge is -2.07. The maximum absolute atomic E-state index is 14.2. The number of nitrogens with zero attached hydrogens (tertiary/aromatic N) is 4. The molecule has 0 aliphatic carbocycles. The molecule has 0 radical (unpaired) electrons. The first kappa shape index (κ1) is 13.5. The maximum atomic E-state index is 14.2. The van der Waals surface area contributed by atoms with Crippen molar-refractivity contribution in [1.82, 2.24) is 19.7 Å². The molecular formula is C14H11ClFN5. The summed E-state index contributed by atoms with van der Waals surface area (Å²) in [7, 11) is 1.67. The molecule has 0 atom stereocenters. The van der Waals surface area contributed by atoms with E-state index in [1.54, 1.807) is 31.6 Å². The molecule has 106 valence electrons. The fourth-order valence-electron chi connectivity index (χ4n) is 2.10. The highest BCUT2D eigenvalue weighted by molar-refractivity contribution is 6.33. The Labute approximate surface area is 125 Å². The van der Waals surface area contributed by atoms with Crippen LogP contribution in [0.5, 0.6) is 0 Å². The summed E-state index contributed by atoms with van der Waals surface area (Å²) in [6, 6.07) is 6.14. The van der Waals surface area contributed by atoms with E-state index >= 15 is 0 Å². The van der Waals surface area contributed by atoms with Crippen LogP contribution in [-0.2, 0) is 7.05 Å². The number of aryl methyl sites for hydroxylation is 1. The largest absolute Gasteiger partial charge is 0.383 e. The number of hydrogen-bond acceptors (Lipinski definition) is 4. The fourth-order valence-corrected chi connectivity index (χ4v) is 2.36. The third-order valence-corrected chi connectivity index (χ3v) is 3.40. The van der Waals surface area contributed by atoms with Gasteiger partial charge in [-0.05, 0) is 18.2 Å². The molecule has 3 rings (SSSR count). The summed E-state index contributed by atoms with van der Waals surface area (Å²) in [6.45, 7) is 0. The smallest absolute Gasteiger partial charge is 0.180 e. The highest BCUT2D eigenvalue weighted by atomic mass is 35.5. The quantitative estimate of drug-likeness (QED) is 0.790. The summed E-state index contributed by atoms with van der Waals surface area (Å²) in [5.41, 5.74) is 7.02. The Bertz CT molecular complexity index is 780. The van der Waals surface area contributed by atoms with Crippen molar-refractivity contribution >= 4 is 17.4 Å². The van der Waals surface area contributed by atoms with Crippen LogP contribution < -0.4 is 5.73 Å². The Hall–Kier alpha value is -2.47. The third-order valence-electron chi connectivity index (χ3n) is 3.08. The molecule has 7 heteroatoms. The van der Waals surface area contributed by atoms with E-state index in [-0.39, 0.29) is 10.6 Å². The maximum Gasteiger partial charge on any atom is 0.180 e. The second-order valence-electron chi connectivity index (χ2n) is 4.40. The van der Waals surface area contributed by atoms with E-state index in [2.05, 4.69) is 15.1 Å². The summed E-state index contributed by atoms with van der Waals surface area (Å²) >= 11 is 6.13. The van der Waals surface area contributed by atoms with Gasteiger partial charge < -0.3 is 5.73 Å². The molecule has 0 bridgehead atoms. The second kappa shape index (κ2) is 5.14. The molecule has 0 fully saturated rings. The molecule has 2 heterocycles. The molecule has 0 spiro atoms. The van der Waals surface area contributed by atoms with E-state index in [1.807, 2.05) is 0 Å². The Morgan fingerprint density at radius 3 is 2.52 bits per heavy atom. The highest BCUT2D eigenvalue weighted by Crippen LogP contribution is 2.39. The van der Waals surface area contributed by atoms with Crippen LogP contribution in [0.2, 0.25) is 5.02 Å². The van der Waals surface area contributed by atoms with Gasteiger partial charge in [-0.15, -0.1) is 0 Å². The van der Waals surface area contributed by atoms with Gasteiger partial charge in [0.25, 0.3) is 0 Å². The number of anilines is 1. The van der Waals surface area contributed by atoms with Crippen molar-refractivity contribution in [1.29, 1.82) is 0 Å². The molecule has 1 aromatic carbocycles. The fraction of sp³-hybridized carbons (Fsp3) is 0.0714. The lowest BCUT2D eigenvalue weighted by atomic mass is 10.0. The predicted molar refractivity (Wildman–Crippen MR) is 79.1 cm³/mol. The van der Waals surface area contributed by atoms with Gasteiger partial charge >= 0.3 is 0 Å². The van der Waals surface area contributed by atoms with E-state index in [0.29, 0.717) is 22.9 Å². The zero-order chi connectivity index (χ0) is 15.0. The van der Waals surface area contributed by atoms with Gasteiger partial charge in [-0.1, -0.05) is 17.7 Å². The summed E-state index contributed by atoms with van der Waals surface area (Å²) < 4.78 is 15.7. The highest BCUT2D eigenvalue weighted by Gasteiger charge is 2.23. The van der Waals surface area contributed by atoms with Crippen LogP contribution in [0.25, 0.3) is 22.6 Å². The normalized spacial score (nSPS) is 10.8. The molecule has 2 aromatic heterocycles. The molecule has 0 saturated carbocycles. The molecule has 0 aliphatic heterocycles. The van der Waals surface area contributed by atoms with Gasteiger partial charge in [-0.25, -0.2) is 14.4 Å².